The molecule has 5 nitrogen and oxygen atoms in total. The van der Waals surface area contributed by atoms with Gasteiger partial charge in [0.1, 0.15) is 0 Å². The second-order valence-corrected chi connectivity index (χ2v) is 8.18. The van der Waals surface area contributed by atoms with Crippen LogP contribution in [0.1, 0.15) is 50.5 Å². The van der Waals surface area contributed by atoms with E-state index < -0.39 is 0 Å². The number of hydrogen-bond acceptors (Lipinski definition) is 3. The molecule has 140 valence electrons. The van der Waals surface area contributed by atoms with Crippen molar-refractivity contribution in [2.45, 2.75) is 57.4 Å². The van der Waals surface area contributed by atoms with Gasteiger partial charge in [-0.3, -0.25) is 14.6 Å². The van der Waals surface area contributed by atoms with E-state index in [-0.39, 0.29) is 17.9 Å². The molecule has 1 aromatic rings. The first-order valence-electron chi connectivity index (χ1n) is 10.2. The zero-order chi connectivity index (χ0) is 17.9. The maximum Gasteiger partial charge on any atom is 0.226 e. The first-order chi connectivity index (χ1) is 12.7. The van der Waals surface area contributed by atoms with Gasteiger partial charge in [-0.1, -0.05) is 6.07 Å². The summed E-state index contributed by atoms with van der Waals surface area (Å²) in [6.45, 7) is 1.52. The lowest BCUT2D eigenvalue weighted by molar-refractivity contribution is -0.134. The molecule has 3 aliphatic rings. The summed E-state index contributed by atoms with van der Waals surface area (Å²) in [7, 11) is 0. The van der Waals surface area contributed by atoms with Gasteiger partial charge in [-0.05, 0) is 68.4 Å². The van der Waals surface area contributed by atoms with Gasteiger partial charge in [-0.15, -0.1) is 0 Å². The number of likely N-dealkylation sites (tertiary alicyclic amines) is 1. The number of nitrogens with one attached hydrogen (secondary N) is 1. The fraction of sp³-hybridized carbons (Fsp3) is 0.667. The molecule has 1 saturated heterocycles. The average molecular weight is 355 g/mol. The van der Waals surface area contributed by atoms with E-state index in [1.165, 1.54) is 18.4 Å². The molecule has 2 aliphatic carbocycles. The minimum Gasteiger partial charge on any atom is -0.354 e. The van der Waals surface area contributed by atoms with E-state index in [1.807, 2.05) is 18.3 Å². The molecular weight excluding hydrogens is 326 g/mol. The van der Waals surface area contributed by atoms with Crippen LogP contribution < -0.4 is 5.32 Å². The van der Waals surface area contributed by atoms with Crippen molar-refractivity contribution in [2.75, 3.05) is 13.1 Å². The Morgan fingerprint density at radius 3 is 2.73 bits per heavy atom. The molecule has 2 heterocycles. The van der Waals surface area contributed by atoms with Crippen molar-refractivity contribution in [3.05, 3.63) is 30.1 Å². The molecule has 0 aromatic carbocycles. The van der Waals surface area contributed by atoms with Gasteiger partial charge in [-0.25, -0.2) is 0 Å². The first kappa shape index (κ1) is 17.5. The van der Waals surface area contributed by atoms with Gasteiger partial charge in [0.25, 0.3) is 0 Å². The number of aryl methyl sites for hydroxylation is 1. The smallest absolute Gasteiger partial charge is 0.226 e. The number of amides is 2. The second-order valence-electron chi connectivity index (χ2n) is 8.18. The predicted octanol–water partition coefficient (Wildman–Crippen LogP) is 2.56. The number of carbonyl (C=O) groups excluding carboxylic acids is 2. The molecule has 2 unspecified atom stereocenters. The van der Waals surface area contributed by atoms with Crippen molar-refractivity contribution in [1.82, 2.24) is 15.2 Å². The third kappa shape index (κ3) is 4.25. The lowest BCUT2D eigenvalue weighted by Crippen LogP contribution is -2.46. The number of carbonyl (C=O) groups is 2. The van der Waals surface area contributed by atoms with E-state index in [1.54, 1.807) is 6.20 Å². The number of nitrogens with zero attached hydrogens (tertiary/aromatic N) is 2. The topological polar surface area (TPSA) is 62.3 Å². The first-order valence-corrected chi connectivity index (χ1v) is 10.2. The summed E-state index contributed by atoms with van der Waals surface area (Å²) in [5.41, 5.74) is 1.17. The van der Waals surface area contributed by atoms with E-state index in [9.17, 15) is 9.59 Å². The van der Waals surface area contributed by atoms with Crippen molar-refractivity contribution in [3.8, 4) is 0 Å². The molecule has 0 radical (unpaired) electrons. The van der Waals surface area contributed by atoms with Crippen LogP contribution in [0.5, 0.6) is 0 Å². The Labute approximate surface area is 155 Å². The van der Waals surface area contributed by atoms with Crippen LogP contribution in [0.2, 0.25) is 0 Å². The lowest BCUT2D eigenvalue weighted by Gasteiger charge is -2.29. The van der Waals surface area contributed by atoms with Crippen LogP contribution in [0.4, 0.5) is 0 Å². The molecule has 1 aromatic heterocycles. The van der Waals surface area contributed by atoms with Crippen LogP contribution >= 0.6 is 0 Å². The molecule has 1 aliphatic heterocycles. The molecule has 5 heteroatoms. The van der Waals surface area contributed by atoms with Crippen molar-refractivity contribution < 1.29 is 9.59 Å². The molecule has 2 saturated carbocycles. The molecule has 2 atom stereocenters. The molecule has 4 rings (SSSR count). The van der Waals surface area contributed by atoms with Crippen LogP contribution in [0.15, 0.2) is 24.5 Å². The van der Waals surface area contributed by atoms with Gasteiger partial charge in [0.05, 0.1) is 6.04 Å². The number of aromatic nitrogens is 1. The Hall–Kier alpha value is -1.91. The van der Waals surface area contributed by atoms with Crippen LogP contribution in [-0.2, 0) is 16.0 Å². The van der Waals surface area contributed by atoms with E-state index in [0.717, 1.165) is 44.6 Å². The fourth-order valence-corrected chi connectivity index (χ4v) is 4.36. The normalized spacial score (nSPS) is 25.3. The quantitative estimate of drug-likeness (QED) is 0.779. The van der Waals surface area contributed by atoms with Crippen molar-refractivity contribution in [2.24, 2.45) is 17.8 Å². The second kappa shape index (κ2) is 7.77. The Morgan fingerprint density at radius 2 is 2.04 bits per heavy atom. The molecule has 3 fully saturated rings. The molecule has 2 amide bonds. The van der Waals surface area contributed by atoms with Gasteiger partial charge in [0.15, 0.2) is 0 Å². The monoisotopic (exact) mass is 355 g/mol. The Bertz CT molecular complexity index is 640. The van der Waals surface area contributed by atoms with Crippen LogP contribution in [0.3, 0.4) is 0 Å². The van der Waals surface area contributed by atoms with Crippen LogP contribution in [-0.4, -0.2) is 40.8 Å². The third-order valence-corrected chi connectivity index (χ3v) is 6.14. The van der Waals surface area contributed by atoms with Gasteiger partial charge in [0, 0.05) is 37.8 Å². The van der Waals surface area contributed by atoms with Gasteiger partial charge >= 0.3 is 0 Å². The van der Waals surface area contributed by atoms with E-state index in [2.05, 4.69) is 15.2 Å². The summed E-state index contributed by atoms with van der Waals surface area (Å²) in [4.78, 5) is 31.1. The van der Waals surface area contributed by atoms with Gasteiger partial charge < -0.3 is 10.2 Å². The van der Waals surface area contributed by atoms with Gasteiger partial charge in [-0.2, -0.15) is 0 Å². The largest absolute Gasteiger partial charge is 0.354 e. The average Bonchev–Trinajstić information content (AvgIpc) is 3.57. The zero-order valence-corrected chi connectivity index (χ0v) is 15.4. The third-order valence-electron chi connectivity index (χ3n) is 6.14. The van der Waals surface area contributed by atoms with E-state index in [4.69, 9.17) is 0 Å². The lowest BCUT2D eigenvalue weighted by atomic mass is 9.94. The number of rotatable bonds is 8. The highest BCUT2D eigenvalue weighted by Gasteiger charge is 2.47. The SMILES string of the molecule is O=C(CCCc1cccnc1)NCC1C(C2CC2)CCN1C(=O)C1CC1. The highest BCUT2D eigenvalue weighted by molar-refractivity contribution is 5.82. The minimum atomic E-state index is 0.106. The van der Waals surface area contributed by atoms with Crippen molar-refractivity contribution in [1.29, 1.82) is 0 Å². The molecular formula is C21H29N3O2. The zero-order valence-electron chi connectivity index (χ0n) is 15.4. The summed E-state index contributed by atoms with van der Waals surface area (Å²) in [6, 6.07) is 4.20. The molecule has 0 bridgehead atoms. The minimum absolute atomic E-state index is 0.106. The highest BCUT2D eigenvalue weighted by atomic mass is 16.2. The van der Waals surface area contributed by atoms with Crippen LogP contribution in [0, 0.1) is 17.8 Å². The van der Waals surface area contributed by atoms with E-state index in [0.29, 0.717) is 24.8 Å². The summed E-state index contributed by atoms with van der Waals surface area (Å²) in [5.74, 6) is 2.08. The highest BCUT2D eigenvalue weighted by Crippen LogP contribution is 2.45. The molecule has 1 N–H and O–H groups in total. The van der Waals surface area contributed by atoms with Crippen molar-refractivity contribution >= 4 is 11.8 Å². The molecule has 0 spiro atoms. The Morgan fingerprint density at radius 1 is 1.19 bits per heavy atom. The number of pyridine rings is 1. The maximum absolute atomic E-state index is 12.6. The Balaban J connectivity index is 1.25. The number of hydrogen-bond donors (Lipinski definition) is 1. The van der Waals surface area contributed by atoms with E-state index >= 15 is 0 Å². The summed E-state index contributed by atoms with van der Waals surface area (Å²) >= 11 is 0. The van der Waals surface area contributed by atoms with Gasteiger partial charge in [0.2, 0.25) is 11.8 Å². The molecule has 26 heavy (non-hydrogen) atoms. The van der Waals surface area contributed by atoms with Crippen LogP contribution in [0.25, 0.3) is 0 Å². The summed E-state index contributed by atoms with van der Waals surface area (Å²) in [5, 5.41) is 3.12. The fourth-order valence-electron chi connectivity index (χ4n) is 4.36. The summed E-state index contributed by atoms with van der Waals surface area (Å²) in [6.07, 6.45) is 11.7. The summed E-state index contributed by atoms with van der Waals surface area (Å²) < 4.78 is 0. The van der Waals surface area contributed by atoms with Crippen molar-refractivity contribution in [3.63, 3.8) is 0 Å². The Kier molecular flexibility index (Phi) is 5.23. The maximum atomic E-state index is 12.6. The predicted molar refractivity (Wildman–Crippen MR) is 99.2 cm³/mol. The standard InChI is InChI=1S/C21H29N3O2/c25-20(5-1-3-15-4-2-11-22-13-15)23-14-19-18(16-6-7-16)10-12-24(19)21(26)17-8-9-17/h2,4,11,13,16-19H,1,3,5-10,12,14H2,(H,23,25).